The zero-order chi connectivity index (χ0) is 14.6. The van der Waals surface area contributed by atoms with Crippen LogP contribution in [0.3, 0.4) is 0 Å². The second-order valence-corrected chi connectivity index (χ2v) is 5.52. The van der Waals surface area contributed by atoms with Crippen molar-refractivity contribution >= 4 is 11.9 Å². The monoisotopic (exact) mass is 268 g/mol. The standard InChI is InChI=1S/C12H20N4O3/c1-12(2,3)9(13)10(17)16-8(11(18)19)4-7-5-14-6-15-7/h5-6,8-9H,4,13H2,1-3H3,(H,14,15)(H,16,17)(H,18,19)/t8-,9?/m1/s1. The van der Waals surface area contributed by atoms with Gasteiger partial charge in [0, 0.05) is 18.3 Å². The van der Waals surface area contributed by atoms with Crippen molar-refractivity contribution < 1.29 is 14.7 Å². The summed E-state index contributed by atoms with van der Waals surface area (Å²) in [6, 6.07) is -1.79. The van der Waals surface area contributed by atoms with Gasteiger partial charge in [-0.25, -0.2) is 9.78 Å². The summed E-state index contributed by atoms with van der Waals surface area (Å²) in [7, 11) is 0. The van der Waals surface area contributed by atoms with E-state index in [9.17, 15) is 9.59 Å². The molecular formula is C12H20N4O3. The summed E-state index contributed by atoms with van der Waals surface area (Å²) >= 11 is 0. The van der Waals surface area contributed by atoms with E-state index < -0.39 is 29.4 Å². The number of aromatic nitrogens is 2. The maximum atomic E-state index is 11.9. The molecule has 0 radical (unpaired) electrons. The number of rotatable bonds is 5. The lowest BCUT2D eigenvalue weighted by molar-refractivity contribution is -0.142. The van der Waals surface area contributed by atoms with Crippen LogP contribution in [0.25, 0.3) is 0 Å². The Balaban J connectivity index is 2.69. The number of H-pyrrole nitrogens is 1. The predicted molar refractivity (Wildman–Crippen MR) is 69.3 cm³/mol. The first-order chi connectivity index (χ1) is 8.71. The molecule has 0 saturated heterocycles. The van der Waals surface area contributed by atoms with E-state index in [0.717, 1.165) is 0 Å². The van der Waals surface area contributed by atoms with Crippen molar-refractivity contribution in [1.82, 2.24) is 15.3 Å². The number of carboxylic acid groups (broad SMARTS) is 1. The van der Waals surface area contributed by atoms with E-state index in [1.807, 2.05) is 20.8 Å². The van der Waals surface area contributed by atoms with Crippen LogP contribution in [0.1, 0.15) is 26.5 Å². The normalized spacial score (nSPS) is 14.7. The van der Waals surface area contributed by atoms with Crippen LogP contribution in [0.15, 0.2) is 12.5 Å². The molecule has 0 saturated carbocycles. The van der Waals surface area contributed by atoms with Gasteiger partial charge in [-0.2, -0.15) is 0 Å². The third-order valence-electron chi connectivity index (χ3n) is 2.81. The molecule has 2 atom stereocenters. The fraction of sp³-hybridized carbons (Fsp3) is 0.583. The smallest absolute Gasteiger partial charge is 0.326 e. The molecule has 1 amide bonds. The quantitative estimate of drug-likeness (QED) is 0.594. The second-order valence-electron chi connectivity index (χ2n) is 5.52. The number of nitrogens with zero attached hydrogens (tertiary/aromatic N) is 1. The van der Waals surface area contributed by atoms with Gasteiger partial charge in [-0.05, 0) is 5.41 Å². The number of carbonyl (C=O) groups excluding carboxylic acids is 1. The number of aromatic amines is 1. The average Bonchev–Trinajstić information content (AvgIpc) is 2.78. The van der Waals surface area contributed by atoms with Crippen LogP contribution >= 0.6 is 0 Å². The summed E-state index contributed by atoms with van der Waals surface area (Å²) < 4.78 is 0. The van der Waals surface area contributed by atoms with E-state index in [-0.39, 0.29) is 6.42 Å². The summed E-state index contributed by atoms with van der Waals surface area (Å²) in [5.74, 6) is -1.58. The van der Waals surface area contributed by atoms with E-state index in [2.05, 4.69) is 15.3 Å². The Hall–Kier alpha value is -1.89. The zero-order valence-corrected chi connectivity index (χ0v) is 11.3. The molecule has 0 aromatic carbocycles. The fourth-order valence-corrected chi connectivity index (χ4v) is 1.47. The first-order valence-electron chi connectivity index (χ1n) is 5.98. The minimum atomic E-state index is -1.11. The van der Waals surface area contributed by atoms with Crippen LogP contribution in [-0.4, -0.2) is 39.0 Å². The molecule has 0 spiro atoms. The Labute approximate surface area is 111 Å². The van der Waals surface area contributed by atoms with Crippen LogP contribution in [0.4, 0.5) is 0 Å². The van der Waals surface area contributed by atoms with Crippen LogP contribution in [0, 0.1) is 5.41 Å². The van der Waals surface area contributed by atoms with Gasteiger partial charge in [0.15, 0.2) is 0 Å². The fourth-order valence-electron chi connectivity index (χ4n) is 1.47. The Morgan fingerprint density at radius 1 is 1.53 bits per heavy atom. The molecule has 5 N–H and O–H groups in total. The topological polar surface area (TPSA) is 121 Å². The van der Waals surface area contributed by atoms with E-state index in [0.29, 0.717) is 5.69 Å². The molecule has 0 fully saturated rings. The summed E-state index contributed by atoms with van der Waals surface area (Å²) in [5.41, 5.74) is 6.00. The Bertz CT molecular complexity index is 436. The highest BCUT2D eigenvalue weighted by Crippen LogP contribution is 2.17. The maximum absolute atomic E-state index is 11.9. The number of hydrogen-bond donors (Lipinski definition) is 4. The highest BCUT2D eigenvalue weighted by Gasteiger charge is 2.30. The first kappa shape index (κ1) is 15.2. The van der Waals surface area contributed by atoms with Crippen LogP contribution < -0.4 is 11.1 Å². The number of nitrogens with one attached hydrogen (secondary N) is 2. The molecular weight excluding hydrogens is 248 g/mol. The van der Waals surface area contributed by atoms with Crippen molar-refractivity contribution in [2.75, 3.05) is 0 Å². The summed E-state index contributed by atoms with van der Waals surface area (Å²) in [6.07, 6.45) is 3.11. The minimum Gasteiger partial charge on any atom is -0.480 e. The molecule has 1 rings (SSSR count). The maximum Gasteiger partial charge on any atom is 0.326 e. The zero-order valence-electron chi connectivity index (χ0n) is 11.3. The molecule has 1 heterocycles. The molecule has 1 aromatic rings. The molecule has 106 valence electrons. The summed E-state index contributed by atoms with van der Waals surface area (Å²) in [6.45, 7) is 5.46. The number of imidazole rings is 1. The number of nitrogens with two attached hydrogens (primary N) is 1. The van der Waals surface area contributed by atoms with Crippen LogP contribution in [0.5, 0.6) is 0 Å². The van der Waals surface area contributed by atoms with Gasteiger partial charge in [0.25, 0.3) is 0 Å². The molecule has 19 heavy (non-hydrogen) atoms. The Kier molecular flexibility index (Phi) is 4.66. The van der Waals surface area contributed by atoms with Crippen molar-refractivity contribution in [2.24, 2.45) is 11.1 Å². The third kappa shape index (κ3) is 4.36. The lowest BCUT2D eigenvalue weighted by Gasteiger charge is -2.27. The Morgan fingerprint density at radius 3 is 2.58 bits per heavy atom. The SMILES string of the molecule is CC(C)(C)C(N)C(=O)N[C@H](Cc1cnc[nH]1)C(=O)O. The van der Waals surface area contributed by atoms with Gasteiger partial charge in [-0.3, -0.25) is 4.79 Å². The highest BCUT2D eigenvalue weighted by molar-refractivity contribution is 5.87. The molecule has 1 aromatic heterocycles. The van der Waals surface area contributed by atoms with E-state index in [1.165, 1.54) is 12.5 Å². The van der Waals surface area contributed by atoms with E-state index in [1.54, 1.807) is 0 Å². The van der Waals surface area contributed by atoms with E-state index in [4.69, 9.17) is 10.8 Å². The van der Waals surface area contributed by atoms with Gasteiger partial charge in [-0.15, -0.1) is 0 Å². The van der Waals surface area contributed by atoms with Gasteiger partial charge in [0.05, 0.1) is 12.4 Å². The van der Waals surface area contributed by atoms with Crippen molar-refractivity contribution in [1.29, 1.82) is 0 Å². The molecule has 0 aliphatic rings. The van der Waals surface area contributed by atoms with Crippen LogP contribution in [0.2, 0.25) is 0 Å². The summed E-state index contributed by atoms with van der Waals surface area (Å²) in [5, 5.41) is 11.6. The Morgan fingerprint density at radius 2 is 2.16 bits per heavy atom. The molecule has 0 aliphatic heterocycles. The first-order valence-corrected chi connectivity index (χ1v) is 5.98. The van der Waals surface area contributed by atoms with Crippen molar-refractivity contribution in [3.63, 3.8) is 0 Å². The lowest BCUT2D eigenvalue weighted by atomic mass is 9.87. The average molecular weight is 268 g/mol. The third-order valence-corrected chi connectivity index (χ3v) is 2.81. The van der Waals surface area contributed by atoms with Gasteiger partial charge in [0.2, 0.25) is 5.91 Å². The largest absolute Gasteiger partial charge is 0.480 e. The van der Waals surface area contributed by atoms with Gasteiger partial charge >= 0.3 is 5.97 Å². The molecule has 1 unspecified atom stereocenters. The number of hydrogen-bond acceptors (Lipinski definition) is 4. The minimum absolute atomic E-state index is 0.137. The van der Waals surface area contributed by atoms with Gasteiger partial charge in [-0.1, -0.05) is 20.8 Å². The molecule has 7 heteroatoms. The van der Waals surface area contributed by atoms with Gasteiger partial charge in [0.1, 0.15) is 6.04 Å². The second kappa shape index (κ2) is 5.83. The predicted octanol–water partition coefficient (Wildman–Crippen LogP) is -0.105. The number of carbonyl (C=O) groups is 2. The molecule has 0 bridgehead atoms. The number of amides is 1. The molecule has 0 aliphatic carbocycles. The van der Waals surface area contributed by atoms with Crippen molar-refractivity contribution in [3.05, 3.63) is 18.2 Å². The number of carboxylic acids is 1. The highest BCUT2D eigenvalue weighted by atomic mass is 16.4. The lowest BCUT2D eigenvalue weighted by Crippen LogP contribution is -2.53. The molecule has 7 nitrogen and oxygen atoms in total. The van der Waals surface area contributed by atoms with Gasteiger partial charge < -0.3 is 21.1 Å². The summed E-state index contributed by atoms with van der Waals surface area (Å²) in [4.78, 5) is 29.7. The van der Waals surface area contributed by atoms with Crippen molar-refractivity contribution in [2.45, 2.75) is 39.3 Å². The van der Waals surface area contributed by atoms with E-state index >= 15 is 0 Å². The van der Waals surface area contributed by atoms with Crippen molar-refractivity contribution in [3.8, 4) is 0 Å². The number of aliphatic carboxylic acids is 1. The van der Waals surface area contributed by atoms with Crippen LogP contribution in [-0.2, 0) is 16.0 Å².